The van der Waals surface area contributed by atoms with Crippen LogP contribution in [0.2, 0.25) is 0 Å². The van der Waals surface area contributed by atoms with E-state index in [-0.39, 0.29) is 5.69 Å². The summed E-state index contributed by atoms with van der Waals surface area (Å²) in [6.45, 7) is 4.28. The second-order valence-electron chi connectivity index (χ2n) is 5.56. The number of nitrogens with zero attached hydrogens (tertiary/aromatic N) is 2. The smallest absolute Gasteiger partial charge is 0.356 e. The van der Waals surface area contributed by atoms with Crippen molar-refractivity contribution in [2.75, 3.05) is 0 Å². The summed E-state index contributed by atoms with van der Waals surface area (Å²) < 4.78 is 1.85. The van der Waals surface area contributed by atoms with E-state index in [4.69, 9.17) is 0 Å². The van der Waals surface area contributed by atoms with Crippen LogP contribution in [-0.4, -0.2) is 20.9 Å². The van der Waals surface area contributed by atoms with Crippen LogP contribution in [0.25, 0.3) is 5.69 Å². The first-order valence-electron chi connectivity index (χ1n) is 7.03. The summed E-state index contributed by atoms with van der Waals surface area (Å²) in [5.41, 5.74) is 4.40. The number of hydrogen-bond acceptors (Lipinski definition) is 2. The Bertz CT molecular complexity index is 671. The van der Waals surface area contributed by atoms with E-state index in [2.05, 4.69) is 25.0 Å². The average Bonchev–Trinajstić information content (AvgIpc) is 2.99. The molecule has 4 heteroatoms. The third kappa shape index (κ3) is 1.92. The van der Waals surface area contributed by atoms with Crippen LogP contribution < -0.4 is 0 Å². The van der Waals surface area contributed by atoms with E-state index in [1.165, 1.54) is 5.56 Å². The summed E-state index contributed by atoms with van der Waals surface area (Å²) in [6.07, 6.45) is 2.74. The third-order valence-electron chi connectivity index (χ3n) is 3.92. The van der Waals surface area contributed by atoms with E-state index in [0.29, 0.717) is 5.92 Å². The Morgan fingerprint density at radius 3 is 2.75 bits per heavy atom. The second kappa shape index (κ2) is 4.78. The maximum atomic E-state index is 11.3. The molecular formula is C16H18N2O2. The van der Waals surface area contributed by atoms with Gasteiger partial charge in [0.15, 0.2) is 5.69 Å². The number of carboxylic acid groups (broad SMARTS) is 1. The van der Waals surface area contributed by atoms with Crippen LogP contribution in [0, 0.1) is 0 Å². The summed E-state index contributed by atoms with van der Waals surface area (Å²) >= 11 is 0. The highest BCUT2D eigenvalue weighted by molar-refractivity contribution is 5.87. The van der Waals surface area contributed by atoms with E-state index >= 15 is 0 Å². The van der Waals surface area contributed by atoms with E-state index in [1.54, 1.807) is 0 Å². The summed E-state index contributed by atoms with van der Waals surface area (Å²) in [4.78, 5) is 11.3. The van der Waals surface area contributed by atoms with Gasteiger partial charge in [-0.05, 0) is 36.8 Å². The Morgan fingerprint density at radius 2 is 2.05 bits per heavy atom. The lowest BCUT2D eigenvalue weighted by Crippen LogP contribution is -2.07. The van der Waals surface area contributed by atoms with Crippen molar-refractivity contribution < 1.29 is 9.90 Å². The topological polar surface area (TPSA) is 55.1 Å². The molecule has 0 amide bonds. The van der Waals surface area contributed by atoms with Crippen LogP contribution in [0.4, 0.5) is 0 Å². The monoisotopic (exact) mass is 270 g/mol. The fraction of sp³-hybridized carbons (Fsp3) is 0.375. The molecule has 1 aliphatic carbocycles. The molecule has 0 radical (unpaired) electrons. The second-order valence-corrected chi connectivity index (χ2v) is 5.56. The molecule has 1 aliphatic rings. The quantitative estimate of drug-likeness (QED) is 0.932. The molecule has 1 N–H and O–H groups in total. The first-order valence-corrected chi connectivity index (χ1v) is 7.03. The predicted octanol–water partition coefficient (Wildman–Crippen LogP) is 3.18. The highest BCUT2D eigenvalue weighted by atomic mass is 16.4. The minimum absolute atomic E-state index is 0.219. The Balaban J connectivity index is 2.21. The Morgan fingerprint density at radius 1 is 1.30 bits per heavy atom. The van der Waals surface area contributed by atoms with Crippen LogP contribution in [0.1, 0.15) is 53.5 Å². The van der Waals surface area contributed by atoms with Gasteiger partial charge in [0.2, 0.25) is 0 Å². The summed E-state index contributed by atoms with van der Waals surface area (Å²) in [5.74, 6) is -0.551. The molecule has 104 valence electrons. The molecule has 1 heterocycles. The number of rotatable bonds is 3. The van der Waals surface area contributed by atoms with E-state index < -0.39 is 5.97 Å². The minimum Gasteiger partial charge on any atom is -0.476 e. The molecule has 3 rings (SSSR count). The molecule has 0 saturated heterocycles. The lowest BCUT2D eigenvalue weighted by Gasteiger charge is -2.14. The van der Waals surface area contributed by atoms with Gasteiger partial charge in [0, 0.05) is 11.3 Å². The molecule has 0 saturated carbocycles. The van der Waals surface area contributed by atoms with Crippen molar-refractivity contribution >= 4 is 5.97 Å². The lowest BCUT2D eigenvalue weighted by molar-refractivity contribution is 0.0689. The molecule has 2 aromatic rings. The number of hydrogen-bond donors (Lipinski definition) is 1. The van der Waals surface area contributed by atoms with Crippen molar-refractivity contribution in [1.82, 2.24) is 9.78 Å². The average molecular weight is 270 g/mol. The van der Waals surface area contributed by atoms with E-state index in [9.17, 15) is 9.90 Å². The summed E-state index contributed by atoms with van der Waals surface area (Å²) in [5, 5.41) is 13.7. The SMILES string of the molecule is CC(C)c1ccccc1-n1nc(C(=O)O)c2c1CCC2. The van der Waals surface area contributed by atoms with Crippen molar-refractivity contribution in [2.45, 2.75) is 39.0 Å². The first-order chi connectivity index (χ1) is 9.59. The van der Waals surface area contributed by atoms with Crippen LogP contribution >= 0.6 is 0 Å². The molecule has 0 spiro atoms. The number of para-hydroxylation sites is 1. The highest BCUT2D eigenvalue weighted by Crippen LogP contribution is 2.30. The zero-order valence-electron chi connectivity index (χ0n) is 11.8. The Kier molecular flexibility index (Phi) is 3.08. The fourth-order valence-corrected chi connectivity index (χ4v) is 2.98. The fourth-order valence-electron chi connectivity index (χ4n) is 2.98. The van der Waals surface area contributed by atoms with Crippen molar-refractivity contribution in [3.63, 3.8) is 0 Å². The number of aromatic nitrogens is 2. The van der Waals surface area contributed by atoms with Crippen molar-refractivity contribution in [2.24, 2.45) is 0 Å². The number of fused-ring (bicyclic) bond motifs is 1. The van der Waals surface area contributed by atoms with Gasteiger partial charge in [0.1, 0.15) is 0 Å². The summed E-state index contributed by atoms with van der Waals surface area (Å²) in [7, 11) is 0. The van der Waals surface area contributed by atoms with Crippen molar-refractivity contribution in [3.05, 3.63) is 46.8 Å². The Hall–Kier alpha value is -2.10. The van der Waals surface area contributed by atoms with Crippen LogP contribution in [0.5, 0.6) is 0 Å². The maximum Gasteiger partial charge on any atom is 0.356 e. The van der Waals surface area contributed by atoms with Gasteiger partial charge >= 0.3 is 5.97 Å². The third-order valence-corrected chi connectivity index (χ3v) is 3.92. The molecule has 1 aromatic carbocycles. The number of carbonyl (C=O) groups is 1. The van der Waals surface area contributed by atoms with Gasteiger partial charge in [-0.2, -0.15) is 5.10 Å². The molecular weight excluding hydrogens is 252 g/mol. The van der Waals surface area contributed by atoms with Gasteiger partial charge in [0.05, 0.1) is 5.69 Å². The van der Waals surface area contributed by atoms with Crippen molar-refractivity contribution in [1.29, 1.82) is 0 Å². The molecule has 0 fully saturated rings. The minimum atomic E-state index is -0.927. The normalized spacial score (nSPS) is 13.8. The molecule has 0 atom stereocenters. The largest absolute Gasteiger partial charge is 0.476 e. The summed E-state index contributed by atoms with van der Waals surface area (Å²) in [6, 6.07) is 8.10. The Labute approximate surface area is 118 Å². The highest BCUT2D eigenvalue weighted by Gasteiger charge is 2.27. The lowest BCUT2D eigenvalue weighted by atomic mass is 10.0. The molecule has 1 aromatic heterocycles. The van der Waals surface area contributed by atoms with Crippen LogP contribution in [0.3, 0.4) is 0 Å². The van der Waals surface area contributed by atoms with E-state index in [1.807, 2.05) is 22.9 Å². The van der Waals surface area contributed by atoms with Crippen LogP contribution in [-0.2, 0) is 12.8 Å². The zero-order valence-corrected chi connectivity index (χ0v) is 11.8. The van der Waals surface area contributed by atoms with Crippen LogP contribution in [0.15, 0.2) is 24.3 Å². The van der Waals surface area contributed by atoms with Gasteiger partial charge in [-0.3, -0.25) is 0 Å². The van der Waals surface area contributed by atoms with Gasteiger partial charge in [-0.1, -0.05) is 32.0 Å². The van der Waals surface area contributed by atoms with Gasteiger partial charge in [-0.15, -0.1) is 0 Å². The molecule has 20 heavy (non-hydrogen) atoms. The first kappa shape index (κ1) is 12.9. The molecule has 0 aliphatic heterocycles. The predicted molar refractivity (Wildman–Crippen MR) is 76.6 cm³/mol. The number of benzene rings is 1. The number of aromatic carboxylic acids is 1. The molecule has 4 nitrogen and oxygen atoms in total. The van der Waals surface area contributed by atoms with Crippen molar-refractivity contribution in [3.8, 4) is 5.69 Å². The van der Waals surface area contributed by atoms with Gasteiger partial charge in [-0.25, -0.2) is 9.48 Å². The van der Waals surface area contributed by atoms with Gasteiger partial charge in [0.25, 0.3) is 0 Å². The molecule has 0 unspecified atom stereocenters. The van der Waals surface area contributed by atoms with Gasteiger partial charge < -0.3 is 5.11 Å². The van der Waals surface area contributed by atoms with E-state index in [0.717, 1.165) is 36.2 Å². The maximum absolute atomic E-state index is 11.3. The standard InChI is InChI=1S/C16H18N2O2/c1-10(2)11-6-3-4-8-13(11)18-14-9-5-7-12(14)15(17-18)16(19)20/h3-4,6,8,10H,5,7,9H2,1-2H3,(H,19,20). The number of carboxylic acids is 1. The zero-order chi connectivity index (χ0) is 14.3. The molecule has 0 bridgehead atoms.